The van der Waals surface area contributed by atoms with Crippen LogP contribution in [0.3, 0.4) is 0 Å². The van der Waals surface area contributed by atoms with E-state index >= 15 is 0 Å². The molecule has 0 saturated carbocycles. The van der Waals surface area contributed by atoms with Crippen molar-refractivity contribution in [3.05, 3.63) is 99.3 Å². The van der Waals surface area contributed by atoms with Gasteiger partial charge in [0, 0.05) is 22.0 Å². The maximum absolute atomic E-state index is 13.4. The van der Waals surface area contributed by atoms with Crippen LogP contribution in [0.2, 0.25) is 0 Å². The summed E-state index contributed by atoms with van der Waals surface area (Å²) in [4.78, 5) is 0. The van der Waals surface area contributed by atoms with Gasteiger partial charge in [-0.25, -0.2) is 9.40 Å². The molecule has 2 atom stereocenters. The third-order valence-corrected chi connectivity index (χ3v) is 5.79. The molecule has 0 unspecified atom stereocenters. The highest BCUT2D eigenvalue weighted by Crippen LogP contribution is 2.48. The van der Waals surface area contributed by atoms with Crippen LogP contribution in [-0.2, 0) is 0 Å². The molecule has 0 saturated heterocycles. The fourth-order valence-corrected chi connectivity index (χ4v) is 4.20. The van der Waals surface area contributed by atoms with Gasteiger partial charge in [0.1, 0.15) is 11.6 Å². The first kappa shape index (κ1) is 17.4. The Hall–Kier alpha value is -2.66. The molecule has 5 rings (SSSR count). The second kappa shape index (κ2) is 6.74. The van der Waals surface area contributed by atoms with E-state index in [-0.39, 0.29) is 18.1 Å². The van der Waals surface area contributed by atoms with Gasteiger partial charge in [-0.15, -0.1) is 0 Å². The predicted octanol–water partition coefficient (Wildman–Crippen LogP) is 6.14. The SMILES string of the molecule is Cc1ccc(C2=NN3[C@@H](C2)c2cc(Br)ccc2O[C@H]3c2ccc(F)cc2)cc1. The minimum atomic E-state index is -0.387. The van der Waals surface area contributed by atoms with E-state index in [2.05, 4.69) is 53.2 Å². The maximum Gasteiger partial charge on any atom is 0.213 e. The van der Waals surface area contributed by atoms with E-state index in [0.29, 0.717) is 0 Å². The Balaban J connectivity index is 1.59. The van der Waals surface area contributed by atoms with Gasteiger partial charge in [0.25, 0.3) is 0 Å². The van der Waals surface area contributed by atoms with E-state index in [1.807, 2.05) is 17.1 Å². The van der Waals surface area contributed by atoms with Crippen molar-refractivity contribution in [1.82, 2.24) is 5.01 Å². The van der Waals surface area contributed by atoms with Gasteiger partial charge >= 0.3 is 0 Å². The van der Waals surface area contributed by atoms with Crippen molar-refractivity contribution >= 4 is 21.6 Å². The van der Waals surface area contributed by atoms with Crippen molar-refractivity contribution in [1.29, 1.82) is 0 Å². The number of nitrogens with zero attached hydrogens (tertiary/aromatic N) is 2. The number of aryl methyl sites for hydroxylation is 1. The Labute approximate surface area is 171 Å². The number of rotatable bonds is 2. The molecule has 0 aliphatic carbocycles. The second-order valence-corrected chi connectivity index (χ2v) is 8.13. The highest BCUT2D eigenvalue weighted by atomic mass is 79.9. The summed E-state index contributed by atoms with van der Waals surface area (Å²) >= 11 is 3.57. The number of hydrogen-bond acceptors (Lipinski definition) is 3. The summed E-state index contributed by atoms with van der Waals surface area (Å²) in [5.41, 5.74) is 5.37. The molecule has 3 nitrogen and oxygen atoms in total. The van der Waals surface area contributed by atoms with Gasteiger partial charge < -0.3 is 4.74 Å². The molecule has 2 aliphatic rings. The van der Waals surface area contributed by atoms with E-state index < -0.39 is 0 Å². The van der Waals surface area contributed by atoms with Gasteiger partial charge in [0.2, 0.25) is 6.23 Å². The van der Waals surface area contributed by atoms with Gasteiger partial charge in [0.15, 0.2) is 0 Å². The highest BCUT2D eigenvalue weighted by molar-refractivity contribution is 9.10. The van der Waals surface area contributed by atoms with E-state index in [1.54, 1.807) is 12.1 Å². The van der Waals surface area contributed by atoms with Crippen LogP contribution in [-0.4, -0.2) is 10.7 Å². The zero-order chi connectivity index (χ0) is 19.3. The molecule has 3 aromatic rings. The van der Waals surface area contributed by atoms with E-state index in [4.69, 9.17) is 9.84 Å². The Morgan fingerprint density at radius 3 is 2.54 bits per heavy atom. The van der Waals surface area contributed by atoms with Gasteiger partial charge in [0.05, 0.1) is 11.8 Å². The number of hydrazone groups is 1. The number of ether oxygens (including phenoxy) is 1. The third kappa shape index (κ3) is 3.00. The Bertz CT molecular complexity index is 1060. The van der Waals surface area contributed by atoms with Gasteiger partial charge in [-0.1, -0.05) is 57.9 Å². The average molecular weight is 437 g/mol. The maximum atomic E-state index is 13.4. The van der Waals surface area contributed by atoms with Crippen LogP contribution in [0.4, 0.5) is 4.39 Å². The minimum absolute atomic E-state index is 0.0765. The number of halogens is 2. The summed E-state index contributed by atoms with van der Waals surface area (Å²) in [7, 11) is 0. The molecule has 0 amide bonds. The van der Waals surface area contributed by atoms with Gasteiger partial charge in [-0.3, -0.25) is 0 Å². The van der Waals surface area contributed by atoms with Crippen LogP contribution in [0.15, 0.2) is 76.3 Å². The molecular formula is C23H18BrFN2O. The van der Waals surface area contributed by atoms with Crippen molar-refractivity contribution < 1.29 is 9.13 Å². The molecule has 5 heteroatoms. The van der Waals surface area contributed by atoms with Gasteiger partial charge in [-0.2, -0.15) is 5.10 Å². The predicted molar refractivity (Wildman–Crippen MR) is 111 cm³/mol. The monoisotopic (exact) mass is 436 g/mol. The van der Waals surface area contributed by atoms with Crippen molar-refractivity contribution in [3.63, 3.8) is 0 Å². The first-order valence-electron chi connectivity index (χ1n) is 9.23. The van der Waals surface area contributed by atoms with E-state index in [1.165, 1.54) is 17.7 Å². The molecule has 0 radical (unpaired) electrons. The van der Waals surface area contributed by atoms with Crippen LogP contribution < -0.4 is 4.74 Å². The normalized spacial score (nSPS) is 20.2. The largest absolute Gasteiger partial charge is 0.464 e. The fraction of sp³-hybridized carbons (Fsp3) is 0.174. The smallest absolute Gasteiger partial charge is 0.213 e. The molecule has 2 heterocycles. The van der Waals surface area contributed by atoms with Crippen molar-refractivity contribution in [3.8, 4) is 5.75 Å². The Morgan fingerprint density at radius 1 is 1.04 bits per heavy atom. The van der Waals surface area contributed by atoms with E-state index in [9.17, 15) is 4.39 Å². The Morgan fingerprint density at radius 2 is 1.79 bits per heavy atom. The number of benzene rings is 3. The topological polar surface area (TPSA) is 24.8 Å². The summed E-state index contributed by atoms with van der Waals surface area (Å²) in [6.45, 7) is 2.08. The second-order valence-electron chi connectivity index (χ2n) is 7.22. The molecule has 0 bridgehead atoms. The molecule has 140 valence electrons. The molecule has 28 heavy (non-hydrogen) atoms. The van der Waals surface area contributed by atoms with Crippen LogP contribution in [0.5, 0.6) is 5.75 Å². The summed E-state index contributed by atoms with van der Waals surface area (Å²) in [5.74, 6) is 0.588. The first-order chi connectivity index (χ1) is 13.6. The summed E-state index contributed by atoms with van der Waals surface area (Å²) in [6.07, 6.45) is 0.412. The van der Waals surface area contributed by atoms with Crippen molar-refractivity contribution in [2.75, 3.05) is 0 Å². The van der Waals surface area contributed by atoms with Crippen molar-refractivity contribution in [2.45, 2.75) is 25.6 Å². The zero-order valence-electron chi connectivity index (χ0n) is 15.3. The van der Waals surface area contributed by atoms with Crippen LogP contribution in [0, 0.1) is 12.7 Å². The van der Waals surface area contributed by atoms with Crippen LogP contribution in [0.1, 0.15) is 40.9 Å². The molecule has 0 aromatic heterocycles. The first-order valence-corrected chi connectivity index (χ1v) is 10.0. The molecule has 3 aromatic carbocycles. The Kier molecular flexibility index (Phi) is 4.20. The lowest BCUT2D eigenvalue weighted by Gasteiger charge is -2.38. The molecule has 0 spiro atoms. The van der Waals surface area contributed by atoms with Gasteiger partial charge in [-0.05, 0) is 42.8 Å². The highest BCUT2D eigenvalue weighted by Gasteiger charge is 2.41. The zero-order valence-corrected chi connectivity index (χ0v) is 16.9. The van der Waals surface area contributed by atoms with Crippen LogP contribution >= 0.6 is 15.9 Å². The molecule has 0 N–H and O–H groups in total. The quantitative estimate of drug-likeness (QED) is 0.481. The third-order valence-electron chi connectivity index (χ3n) is 5.29. The lowest BCUT2D eigenvalue weighted by molar-refractivity contribution is -0.0191. The van der Waals surface area contributed by atoms with Crippen molar-refractivity contribution in [2.24, 2.45) is 5.10 Å². The standard InChI is InChI=1S/C23H18BrFN2O/c1-14-2-4-15(5-3-14)20-13-21-19-12-17(24)8-11-22(19)28-23(27(21)26-20)16-6-9-18(25)10-7-16/h2-12,21,23H,13H2,1H3/t21-,23-/m0/s1. The minimum Gasteiger partial charge on any atom is -0.464 e. The summed E-state index contributed by atoms with van der Waals surface area (Å²) in [5, 5.41) is 6.95. The lowest BCUT2D eigenvalue weighted by Crippen LogP contribution is -2.33. The summed E-state index contributed by atoms with van der Waals surface area (Å²) in [6, 6.07) is 21.0. The van der Waals surface area contributed by atoms with Crippen LogP contribution in [0.25, 0.3) is 0 Å². The number of fused-ring (bicyclic) bond motifs is 3. The summed E-state index contributed by atoms with van der Waals surface area (Å²) < 4.78 is 20.8. The fourth-order valence-electron chi connectivity index (χ4n) is 3.83. The molecular weight excluding hydrogens is 419 g/mol. The average Bonchev–Trinajstić information content (AvgIpc) is 3.14. The lowest BCUT2D eigenvalue weighted by atomic mass is 9.95. The number of hydrogen-bond donors (Lipinski definition) is 0. The van der Waals surface area contributed by atoms with E-state index in [0.717, 1.165) is 39.0 Å². The molecule has 2 aliphatic heterocycles. The molecule has 0 fully saturated rings.